The van der Waals surface area contributed by atoms with Crippen molar-refractivity contribution < 1.29 is 26.0 Å². The molecule has 2 aromatic carbocycles. The maximum absolute atomic E-state index is 13.6. The molecule has 0 aliphatic rings. The zero-order valence-corrected chi connectivity index (χ0v) is 14.1. The smallest absolute Gasteiger partial charge is 0.263 e. The van der Waals surface area contributed by atoms with Crippen LogP contribution in [0, 0.1) is 23.3 Å². The molecule has 1 aromatic heterocycles. The first kappa shape index (κ1) is 18.6. The molecule has 0 amide bonds. The average molecular weight is 398 g/mol. The molecular formula is C16H10F4N4O2S. The van der Waals surface area contributed by atoms with Crippen molar-refractivity contribution in [3.05, 3.63) is 71.8 Å². The van der Waals surface area contributed by atoms with Gasteiger partial charge in [-0.3, -0.25) is 4.72 Å². The number of sulfonamides is 1. The Hall–Kier alpha value is -3.21. The van der Waals surface area contributed by atoms with E-state index in [0.29, 0.717) is 0 Å². The molecule has 27 heavy (non-hydrogen) atoms. The summed E-state index contributed by atoms with van der Waals surface area (Å²) in [5.41, 5.74) is -0.372. The lowest BCUT2D eigenvalue weighted by molar-refractivity contribution is 0.449. The van der Waals surface area contributed by atoms with Crippen molar-refractivity contribution in [1.82, 2.24) is 10.2 Å². The van der Waals surface area contributed by atoms with Crippen molar-refractivity contribution in [2.45, 2.75) is 4.90 Å². The number of benzene rings is 2. The summed E-state index contributed by atoms with van der Waals surface area (Å²) in [5, 5.41) is 9.63. The summed E-state index contributed by atoms with van der Waals surface area (Å²) in [7, 11) is -4.01. The van der Waals surface area contributed by atoms with E-state index >= 15 is 0 Å². The van der Waals surface area contributed by atoms with Crippen LogP contribution in [-0.4, -0.2) is 18.6 Å². The predicted molar refractivity (Wildman–Crippen MR) is 88.8 cm³/mol. The van der Waals surface area contributed by atoms with Gasteiger partial charge in [0, 0.05) is 0 Å². The Morgan fingerprint density at radius 3 is 2.00 bits per heavy atom. The van der Waals surface area contributed by atoms with Gasteiger partial charge in [0.2, 0.25) is 0 Å². The SMILES string of the molecule is O=S(=O)(Nc1ccc(Nc2ccc(F)c(F)c2F)nn1)c1ccc(F)cc1. The number of nitrogens with one attached hydrogen (secondary N) is 2. The van der Waals surface area contributed by atoms with Crippen molar-refractivity contribution in [2.75, 3.05) is 10.0 Å². The van der Waals surface area contributed by atoms with E-state index in [-0.39, 0.29) is 22.2 Å². The molecule has 0 atom stereocenters. The van der Waals surface area contributed by atoms with Crippen LogP contribution in [0.15, 0.2) is 53.4 Å². The van der Waals surface area contributed by atoms with E-state index in [4.69, 9.17) is 0 Å². The van der Waals surface area contributed by atoms with Crippen LogP contribution in [0.4, 0.5) is 34.9 Å². The molecule has 1 heterocycles. The predicted octanol–water partition coefficient (Wildman–Crippen LogP) is 3.58. The molecule has 11 heteroatoms. The highest BCUT2D eigenvalue weighted by Crippen LogP contribution is 2.23. The second kappa shape index (κ2) is 7.19. The summed E-state index contributed by atoms with van der Waals surface area (Å²) in [6.45, 7) is 0. The summed E-state index contributed by atoms with van der Waals surface area (Å²) in [6, 6.07) is 8.30. The summed E-state index contributed by atoms with van der Waals surface area (Å²) in [4.78, 5) is -0.184. The van der Waals surface area contributed by atoms with Gasteiger partial charge in [-0.05, 0) is 48.5 Å². The second-order valence-electron chi connectivity index (χ2n) is 5.21. The van der Waals surface area contributed by atoms with Crippen LogP contribution in [0.3, 0.4) is 0 Å². The molecule has 0 saturated carbocycles. The number of halogens is 4. The lowest BCUT2D eigenvalue weighted by Crippen LogP contribution is -2.14. The Balaban J connectivity index is 1.76. The van der Waals surface area contributed by atoms with Crippen molar-refractivity contribution in [3.63, 3.8) is 0 Å². The number of aromatic nitrogens is 2. The van der Waals surface area contributed by atoms with Gasteiger partial charge in [0.25, 0.3) is 10.0 Å². The number of rotatable bonds is 5. The fourth-order valence-corrected chi connectivity index (χ4v) is 3.02. The summed E-state index contributed by atoms with van der Waals surface area (Å²) < 4.78 is 79.1. The molecule has 3 aromatic rings. The summed E-state index contributed by atoms with van der Waals surface area (Å²) >= 11 is 0. The van der Waals surface area contributed by atoms with E-state index in [1.54, 1.807) is 0 Å². The topological polar surface area (TPSA) is 84.0 Å². The maximum Gasteiger partial charge on any atom is 0.263 e. The highest BCUT2D eigenvalue weighted by Gasteiger charge is 2.16. The molecule has 3 rings (SSSR count). The van der Waals surface area contributed by atoms with Crippen LogP contribution in [-0.2, 0) is 10.0 Å². The largest absolute Gasteiger partial charge is 0.336 e. The van der Waals surface area contributed by atoms with Crippen molar-refractivity contribution in [2.24, 2.45) is 0 Å². The molecule has 140 valence electrons. The Bertz CT molecular complexity index is 1070. The Labute approximate surface area is 150 Å². The van der Waals surface area contributed by atoms with E-state index in [2.05, 4.69) is 20.2 Å². The third-order valence-electron chi connectivity index (χ3n) is 3.33. The van der Waals surface area contributed by atoms with Crippen LogP contribution in [0.5, 0.6) is 0 Å². The van der Waals surface area contributed by atoms with Crippen LogP contribution in [0.1, 0.15) is 0 Å². The highest BCUT2D eigenvalue weighted by molar-refractivity contribution is 7.92. The number of hydrogen-bond donors (Lipinski definition) is 2. The maximum atomic E-state index is 13.6. The Kier molecular flexibility index (Phi) is 4.95. The van der Waals surface area contributed by atoms with E-state index in [9.17, 15) is 26.0 Å². The molecule has 0 aliphatic heterocycles. The molecule has 0 saturated heterocycles. The normalized spacial score (nSPS) is 11.3. The third kappa shape index (κ3) is 4.14. The van der Waals surface area contributed by atoms with Gasteiger partial charge in [-0.1, -0.05) is 0 Å². The third-order valence-corrected chi connectivity index (χ3v) is 4.70. The minimum Gasteiger partial charge on any atom is -0.336 e. The van der Waals surface area contributed by atoms with Gasteiger partial charge in [0.15, 0.2) is 29.1 Å². The van der Waals surface area contributed by atoms with E-state index in [1.165, 1.54) is 12.1 Å². The number of anilines is 3. The quantitative estimate of drug-likeness (QED) is 0.507. The van der Waals surface area contributed by atoms with Crippen LogP contribution in [0.25, 0.3) is 0 Å². The lowest BCUT2D eigenvalue weighted by atomic mass is 10.3. The summed E-state index contributed by atoms with van der Waals surface area (Å²) in [6.07, 6.45) is 0. The van der Waals surface area contributed by atoms with E-state index in [1.807, 2.05) is 0 Å². The molecule has 0 radical (unpaired) electrons. The van der Waals surface area contributed by atoms with Crippen LogP contribution < -0.4 is 10.0 Å². The van der Waals surface area contributed by atoms with Gasteiger partial charge < -0.3 is 5.32 Å². The molecule has 0 fully saturated rings. The van der Waals surface area contributed by atoms with Gasteiger partial charge in [-0.25, -0.2) is 26.0 Å². The zero-order chi connectivity index (χ0) is 19.6. The van der Waals surface area contributed by atoms with Gasteiger partial charge in [0.1, 0.15) is 5.82 Å². The number of hydrogen-bond acceptors (Lipinski definition) is 5. The highest BCUT2D eigenvalue weighted by atomic mass is 32.2. The Morgan fingerprint density at radius 1 is 0.741 bits per heavy atom. The monoisotopic (exact) mass is 398 g/mol. The zero-order valence-electron chi connectivity index (χ0n) is 13.2. The molecule has 2 N–H and O–H groups in total. The Morgan fingerprint density at radius 2 is 1.37 bits per heavy atom. The molecule has 0 spiro atoms. The van der Waals surface area contributed by atoms with Crippen LogP contribution in [0.2, 0.25) is 0 Å². The number of nitrogens with zero attached hydrogens (tertiary/aromatic N) is 2. The molecule has 0 unspecified atom stereocenters. The minimum absolute atomic E-state index is 0.0374. The van der Waals surface area contributed by atoms with E-state index in [0.717, 1.165) is 36.4 Å². The van der Waals surface area contributed by atoms with Gasteiger partial charge >= 0.3 is 0 Å². The standard InChI is InChI=1S/C16H10F4N4O2S/c17-9-1-3-10(4-2-9)27(25,26)24-14-8-7-13(22-23-14)21-12-6-5-11(18)15(19)16(12)20/h1-8H,(H,21,22)(H,23,24). The van der Waals surface area contributed by atoms with Crippen molar-refractivity contribution >= 4 is 27.3 Å². The second-order valence-corrected chi connectivity index (χ2v) is 6.89. The van der Waals surface area contributed by atoms with Crippen molar-refractivity contribution in [1.29, 1.82) is 0 Å². The molecule has 6 nitrogen and oxygen atoms in total. The first-order chi connectivity index (χ1) is 12.8. The average Bonchev–Trinajstić information content (AvgIpc) is 2.64. The van der Waals surface area contributed by atoms with Gasteiger partial charge in [0.05, 0.1) is 10.6 Å². The first-order valence-corrected chi connectivity index (χ1v) is 8.77. The van der Waals surface area contributed by atoms with Crippen molar-refractivity contribution in [3.8, 4) is 0 Å². The molecule has 0 bridgehead atoms. The van der Waals surface area contributed by atoms with Gasteiger partial charge in [-0.15, -0.1) is 10.2 Å². The molecular weight excluding hydrogens is 388 g/mol. The fraction of sp³-hybridized carbons (Fsp3) is 0. The minimum atomic E-state index is -4.01. The fourth-order valence-electron chi connectivity index (χ4n) is 2.02. The summed E-state index contributed by atoms with van der Waals surface area (Å²) in [5.74, 6) is -5.20. The van der Waals surface area contributed by atoms with E-state index < -0.39 is 33.3 Å². The first-order valence-electron chi connectivity index (χ1n) is 7.29. The van der Waals surface area contributed by atoms with Gasteiger partial charge in [-0.2, -0.15) is 0 Å². The van der Waals surface area contributed by atoms with Crippen LogP contribution >= 0.6 is 0 Å². The molecule has 0 aliphatic carbocycles. The lowest BCUT2D eigenvalue weighted by Gasteiger charge is -2.09.